The van der Waals surface area contributed by atoms with Gasteiger partial charge < -0.3 is 20.3 Å². The Hall–Kier alpha value is -0.810. The third-order valence-corrected chi connectivity index (χ3v) is 5.64. The van der Waals surface area contributed by atoms with Gasteiger partial charge in [0.2, 0.25) is 0 Å². The average Bonchev–Trinajstić information content (AvgIpc) is 3.11. The Labute approximate surface area is 168 Å². The number of guanidine groups is 1. The monoisotopic (exact) mass is 382 g/mol. The van der Waals surface area contributed by atoms with Gasteiger partial charge in [0.1, 0.15) is 0 Å². The van der Waals surface area contributed by atoms with Crippen LogP contribution in [0.4, 0.5) is 0 Å². The highest BCUT2D eigenvalue weighted by Gasteiger charge is 2.33. The van der Waals surface area contributed by atoms with Gasteiger partial charge in [0.15, 0.2) is 5.96 Å². The molecule has 0 radical (unpaired) electrons. The zero-order valence-corrected chi connectivity index (χ0v) is 18.6. The standard InChI is InChI=1S/C22H46N4O/c1-5-23-21(24-17-12-8-7-9-13-18-26(3)4)25-20-22(14-10-11-15-22)16-19-27-6-2/h5-20H2,1-4H3,(H2,23,24,25). The van der Waals surface area contributed by atoms with Crippen LogP contribution in [-0.2, 0) is 4.74 Å². The molecule has 0 aromatic heterocycles. The van der Waals surface area contributed by atoms with Crippen LogP contribution < -0.4 is 10.6 Å². The zero-order chi connectivity index (χ0) is 19.8. The molecule has 0 spiro atoms. The van der Waals surface area contributed by atoms with Crippen molar-refractivity contribution in [2.75, 3.05) is 53.5 Å². The lowest BCUT2D eigenvalue weighted by Crippen LogP contribution is -2.39. The number of rotatable bonds is 15. The highest BCUT2D eigenvalue weighted by Crippen LogP contribution is 2.41. The molecule has 1 aliphatic carbocycles. The van der Waals surface area contributed by atoms with Gasteiger partial charge in [0.05, 0.1) is 0 Å². The van der Waals surface area contributed by atoms with Crippen LogP contribution in [-0.4, -0.2) is 64.3 Å². The maximum Gasteiger partial charge on any atom is 0.191 e. The molecule has 0 atom stereocenters. The van der Waals surface area contributed by atoms with Crippen molar-refractivity contribution in [2.45, 2.75) is 78.1 Å². The Kier molecular flexibility index (Phi) is 13.6. The van der Waals surface area contributed by atoms with Gasteiger partial charge in [-0.25, -0.2) is 0 Å². The number of nitrogens with zero attached hydrogens (tertiary/aromatic N) is 2. The molecule has 0 amide bonds. The van der Waals surface area contributed by atoms with E-state index in [9.17, 15) is 0 Å². The van der Waals surface area contributed by atoms with Gasteiger partial charge in [-0.15, -0.1) is 0 Å². The smallest absolute Gasteiger partial charge is 0.191 e. The predicted octanol–water partition coefficient (Wildman–Crippen LogP) is 4.04. The molecule has 0 bridgehead atoms. The van der Waals surface area contributed by atoms with Gasteiger partial charge in [0, 0.05) is 32.8 Å². The van der Waals surface area contributed by atoms with E-state index in [0.717, 1.165) is 45.2 Å². The van der Waals surface area contributed by atoms with Crippen molar-refractivity contribution in [1.29, 1.82) is 0 Å². The summed E-state index contributed by atoms with van der Waals surface area (Å²) in [5.41, 5.74) is 0.365. The number of hydrogen-bond donors (Lipinski definition) is 2. The first-order chi connectivity index (χ1) is 13.1. The molecule has 5 nitrogen and oxygen atoms in total. The van der Waals surface area contributed by atoms with Crippen LogP contribution in [0.25, 0.3) is 0 Å². The van der Waals surface area contributed by atoms with Gasteiger partial charge in [-0.3, -0.25) is 4.99 Å². The predicted molar refractivity (Wildman–Crippen MR) is 118 cm³/mol. The minimum absolute atomic E-state index is 0.365. The van der Waals surface area contributed by atoms with E-state index in [1.165, 1.54) is 64.3 Å². The van der Waals surface area contributed by atoms with Crippen molar-refractivity contribution in [3.05, 3.63) is 0 Å². The van der Waals surface area contributed by atoms with E-state index in [4.69, 9.17) is 9.73 Å². The Balaban J connectivity index is 2.29. The lowest BCUT2D eigenvalue weighted by molar-refractivity contribution is 0.107. The molecule has 1 fully saturated rings. The van der Waals surface area contributed by atoms with Crippen molar-refractivity contribution in [2.24, 2.45) is 10.4 Å². The van der Waals surface area contributed by atoms with E-state index >= 15 is 0 Å². The summed E-state index contributed by atoms with van der Waals surface area (Å²) in [5, 5.41) is 6.95. The van der Waals surface area contributed by atoms with E-state index in [1.54, 1.807) is 0 Å². The summed E-state index contributed by atoms with van der Waals surface area (Å²) in [6, 6.07) is 0. The Morgan fingerprint density at radius 1 is 1.00 bits per heavy atom. The van der Waals surface area contributed by atoms with Crippen molar-refractivity contribution < 1.29 is 4.74 Å². The molecule has 1 saturated carbocycles. The number of aliphatic imine (C=N–C) groups is 1. The van der Waals surface area contributed by atoms with Gasteiger partial charge in [-0.2, -0.15) is 0 Å². The maximum absolute atomic E-state index is 5.63. The summed E-state index contributed by atoms with van der Waals surface area (Å²) in [6.45, 7) is 9.99. The first kappa shape index (κ1) is 24.2. The fraction of sp³-hybridized carbons (Fsp3) is 0.955. The number of nitrogens with one attached hydrogen (secondary N) is 2. The van der Waals surface area contributed by atoms with Crippen LogP contribution in [0.3, 0.4) is 0 Å². The molecule has 0 saturated heterocycles. The summed E-state index contributed by atoms with van der Waals surface area (Å²) < 4.78 is 5.63. The molecule has 0 aliphatic heterocycles. The Bertz CT molecular complexity index is 379. The lowest BCUT2D eigenvalue weighted by atomic mass is 9.83. The second-order valence-corrected chi connectivity index (χ2v) is 8.35. The third-order valence-electron chi connectivity index (χ3n) is 5.64. The molecular weight excluding hydrogens is 336 g/mol. The number of hydrogen-bond acceptors (Lipinski definition) is 3. The van der Waals surface area contributed by atoms with E-state index in [-0.39, 0.29) is 0 Å². The van der Waals surface area contributed by atoms with Crippen molar-refractivity contribution in [1.82, 2.24) is 15.5 Å². The maximum atomic E-state index is 5.63. The summed E-state index contributed by atoms with van der Waals surface area (Å²) in [7, 11) is 4.30. The van der Waals surface area contributed by atoms with Crippen LogP contribution >= 0.6 is 0 Å². The molecular formula is C22H46N4O. The van der Waals surface area contributed by atoms with Crippen LogP contribution in [0.15, 0.2) is 4.99 Å². The summed E-state index contributed by atoms with van der Waals surface area (Å²) >= 11 is 0. The van der Waals surface area contributed by atoms with Crippen molar-refractivity contribution >= 4 is 5.96 Å². The number of unbranched alkanes of at least 4 members (excludes halogenated alkanes) is 4. The van der Waals surface area contributed by atoms with Crippen molar-refractivity contribution in [3.63, 3.8) is 0 Å². The first-order valence-electron chi connectivity index (χ1n) is 11.4. The molecule has 0 aromatic carbocycles. The van der Waals surface area contributed by atoms with E-state index in [2.05, 4.69) is 43.5 Å². The minimum Gasteiger partial charge on any atom is -0.382 e. The molecule has 0 unspecified atom stereocenters. The van der Waals surface area contributed by atoms with Crippen LogP contribution in [0.2, 0.25) is 0 Å². The SMILES string of the molecule is CCNC(=NCC1(CCOCC)CCCC1)NCCCCCCCN(C)C. The molecule has 5 heteroatoms. The van der Waals surface area contributed by atoms with E-state index < -0.39 is 0 Å². The van der Waals surface area contributed by atoms with E-state index in [1.807, 2.05) is 0 Å². The van der Waals surface area contributed by atoms with Gasteiger partial charge in [-0.05, 0) is 72.0 Å². The molecule has 160 valence electrons. The quantitative estimate of drug-likeness (QED) is 0.255. The molecule has 1 rings (SSSR count). The lowest BCUT2D eigenvalue weighted by Gasteiger charge is -2.27. The second-order valence-electron chi connectivity index (χ2n) is 8.35. The third kappa shape index (κ3) is 11.6. The van der Waals surface area contributed by atoms with Crippen LogP contribution in [0.1, 0.15) is 78.1 Å². The molecule has 0 aromatic rings. The Morgan fingerprint density at radius 2 is 1.70 bits per heavy atom. The number of ether oxygens (including phenoxy) is 1. The molecule has 27 heavy (non-hydrogen) atoms. The fourth-order valence-electron chi connectivity index (χ4n) is 3.92. The second kappa shape index (κ2) is 15.2. The first-order valence-corrected chi connectivity index (χ1v) is 11.4. The Morgan fingerprint density at radius 3 is 2.37 bits per heavy atom. The van der Waals surface area contributed by atoms with Gasteiger partial charge >= 0.3 is 0 Å². The van der Waals surface area contributed by atoms with Crippen molar-refractivity contribution in [3.8, 4) is 0 Å². The summed E-state index contributed by atoms with van der Waals surface area (Å²) in [5.74, 6) is 0.993. The molecule has 2 N–H and O–H groups in total. The normalized spacial score (nSPS) is 16.9. The van der Waals surface area contributed by atoms with Gasteiger partial charge in [-0.1, -0.05) is 32.1 Å². The van der Waals surface area contributed by atoms with E-state index in [0.29, 0.717) is 5.41 Å². The minimum atomic E-state index is 0.365. The summed E-state index contributed by atoms with van der Waals surface area (Å²) in [4.78, 5) is 7.22. The van der Waals surface area contributed by atoms with Crippen LogP contribution in [0, 0.1) is 5.41 Å². The highest BCUT2D eigenvalue weighted by atomic mass is 16.5. The topological polar surface area (TPSA) is 48.9 Å². The summed E-state index contributed by atoms with van der Waals surface area (Å²) in [6.07, 6.45) is 13.0. The molecule has 0 heterocycles. The fourth-order valence-corrected chi connectivity index (χ4v) is 3.92. The van der Waals surface area contributed by atoms with Crippen LogP contribution in [0.5, 0.6) is 0 Å². The highest BCUT2D eigenvalue weighted by molar-refractivity contribution is 5.79. The average molecular weight is 383 g/mol. The zero-order valence-electron chi connectivity index (χ0n) is 18.6. The molecule has 1 aliphatic rings. The van der Waals surface area contributed by atoms with Gasteiger partial charge in [0.25, 0.3) is 0 Å². The largest absolute Gasteiger partial charge is 0.382 e.